The van der Waals surface area contributed by atoms with Gasteiger partial charge in [-0.05, 0) is 25.0 Å². The van der Waals surface area contributed by atoms with Crippen LogP contribution in [0.2, 0.25) is 0 Å². The van der Waals surface area contributed by atoms with Crippen LogP contribution in [0.1, 0.15) is 26.3 Å². The SMILES string of the molecule is COc1cccc(/C=C/C(=O)OCC(=O)N[C@@](C)(C#N)C(C)C)c1OC. The van der Waals surface area contributed by atoms with E-state index in [1.807, 2.05) is 13.8 Å². The Labute approximate surface area is 153 Å². The average Bonchev–Trinajstić information content (AvgIpc) is 2.63. The van der Waals surface area contributed by atoms with Crippen LogP contribution in [0.4, 0.5) is 0 Å². The molecular formula is C19H24N2O5. The maximum atomic E-state index is 11.9. The Kier molecular flexibility index (Phi) is 7.66. The first kappa shape index (κ1) is 21.0. The molecule has 1 aromatic carbocycles. The topological polar surface area (TPSA) is 97.6 Å². The molecular weight excluding hydrogens is 336 g/mol. The molecule has 0 saturated carbocycles. The first-order chi connectivity index (χ1) is 12.3. The van der Waals surface area contributed by atoms with Gasteiger partial charge in [-0.1, -0.05) is 26.0 Å². The summed E-state index contributed by atoms with van der Waals surface area (Å²) in [4.78, 5) is 23.7. The van der Waals surface area contributed by atoms with E-state index < -0.39 is 24.0 Å². The molecule has 140 valence electrons. The number of hydrogen-bond donors (Lipinski definition) is 1. The zero-order chi connectivity index (χ0) is 19.7. The number of nitrogens with one attached hydrogen (secondary N) is 1. The van der Waals surface area contributed by atoms with Crippen molar-refractivity contribution < 1.29 is 23.8 Å². The van der Waals surface area contributed by atoms with Crippen molar-refractivity contribution in [1.29, 1.82) is 5.26 Å². The van der Waals surface area contributed by atoms with Crippen molar-refractivity contribution in [3.63, 3.8) is 0 Å². The largest absolute Gasteiger partial charge is 0.493 e. The second-order valence-electron chi connectivity index (χ2n) is 6.04. The number of rotatable bonds is 8. The van der Waals surface area contributed by atoms with E-state index in [9.17, 15) is 14.9 Å². The number of esters is 1. The number of benzene rings is 1. The normalized spacial score (nSPS) is 13.0. The Bertz CT molecular complexity index is 721. The van der Waals surface area contributed by atoms with Crippen molar-refractivity contribution in [2.24, 2.45) is 5.92 Å². The molecule has 7 nitrogen and oxygen atoms in total. The van der Waals surface area contributed by atoms with Crippen LogP contribution in [0.3, 0.4) is 0 Å². The molecule has 1 N–H and O–H groups in total. The van der Waals surface area contributed by atoms with Crippen molar-refractivity contribution in [3.8, 4) is 17.6 Å². The molecule has 0 aromatic heterocycles. The van der Waals surface area contributed by atoms with Crippen molar-refractivity contribution in [1.82, 2.24) is 5.32 Å². The van der Waals surface area contributed by atoms with Crippen LogP contribution in [-0.4, -0.2) is 38.2 Å². The highest BCUT2D eigenvalue weighted by Gasteiger charge is 2.30. The van der Waals surface area contributed by atoms with Gasteiger partial charge in [-0.3, -0.25) is 4.79 Å². The minimum absolute atomic E-state index is 0.0902. The summed E-state index contributed by atoms with van der Waals surface area (Å²) in [7, 11) is 3.02. The highest BCUT2D eigenvalue weighted by Crippen LogP contribution is 2.31. The van der Waals surface area contributed by atoms with Gasteiger partial charge in [-0.25, -0.2) is 4.79 Å². The summed E-state index contributed by atoms with van der Waals surface area (Å²) < 4.78 is 15.4. The summed E-state index contributed by atoms with van der Waals surface area (Å²) >= 11 is 0. The number of hydrogen-bond acceptors (Lipinski definition) is 6. The van der Waals surface area contributed by atoms with Gasteiger partial charge in [-0.2, -0.15) is 5.26 Å². The predicted molar refractivity (Wildman–Crippen MR) is 96.5 cm³/mol. The van der Waals surface area contributed by atoms with Crippen molar-refractivity contribution >= 4 is 18.0 Å². The van der Waals surface area contributed by atoms with Crippen LogP contribution < -0.4 is 14.8 Å². The molecule has 1 aromatic rings. The summed E-state index contributed by atoms with van der Waals surface area (Å²) in [5.41, 5.74) is -0.391. The lowest BCUT2D eigenvalue weighted by Crippen LogP contribution is -2.50. The average molecular weight is 360 g/mol. The number of para-hydroxylation sites is 1. The first-order valence-electron chi connectivity index (χ1n) is 8.05. The van der Waals surface area contributed by atoms with E-state index in [1.165, 1.54) is 26.4 Å². The minimum atomic E-state index is -1.02. The Morgan fingerprint density at radius 1 is 1.31 bits per heavy atom. The van der Waals surface area contributed by atoms with Crippen LogP contribution in [-0.2, 0) is 14.3 Å². The number of ether oxygens (including phenoxy) is 3. The molecule has 0 aliphatic carbocycles. The fraction of sp³-hybridized carbons (Fsp3) is 0.421. The molecule has 0 aliphatic heterocycles. The van der Waals surface area contributed by atoms with Crippen molar-refractivity contribution in [3.05, 3.63) is 29.8 Å². The smallest absolute Gasteiger partial charge is 0.331 e. The van der Waals surface area contributed by atoms with Gasteiger partial charge in [0.15, 0.2) is 18.1 Å². The number of nitriles is 1. The van der Waals surface area contributed by atoms with Crippen LogP contribution in [0.25, 0.3) is 6.08 Å². The predicted octanol–water partition coefficient (Wildman–Crippen LogP) is 2.31. The number of methoxy groups -OCH3 is 2. The Morgan fingerprint density at radius 3 is 2.54 bits per heavy atom. The Morgan fingerprint density at radius 2 is 2.00 bits per heavy atom. The van der Waals surface area contributed by atoms with E-state index in [2.05, 4.69) is 11.4 Å². The van der Waals surface area contributed by atoms with Crippen LogP contribution in [0.15, 0.2) is 24.3 Å². The van der Waals surface area contributed by atoms with Gasteiger partial charge < -0.3 is 19.5 Å². The summed E-state index contributed by atoms with van der Waals surface area (Å²) in [6, 6.07) is 7.30. The third-order valence-corrected chi connectivity index (χ3v) is 3.96. The zero-order valence-corrected chi connectivity index (χ0v) is 15.7. The summed E-state index contributed by atoms with van der Waals surface area (Å²) in [5.74, 6) is -0.297. The van der Waals surface area contributed by atoms with Crippen LogP contribution >= 0.6 is 0 Å². The molecule has 1 rings (SSSR count). The van der Waals surface area contributed by atoms with Gasteiger partial charge in [0.2, 0.25) is 0 Å². The molecule has 0 saturated heterocycles. The second kappa shape index (κ2) is 9.47. The maximum Gasteiger partial charge on any atom is 0.331 e. The molecule has 0 heterocycles. The lowest BCUT2D eigenvalue weighted by molar-refractivity contribution is -0.144. The van der Waals surface area contributed by atoms with Crippen molar-refractivity contribution in [2.75, 3.05) is 20.8 Å². The van der Waals surface area contributed by atoms with E-state index in [4.69, 9.17) is 14.2 Å². The zero-order valence-electron chi connectivity index (χ0n) is 15.7. The minimum Gasteiger partial charge on any atom is -0.493 e. The molecule has 0 radical (unpaired) electrons. The molecule has 0 fully saturated rings. The number of carbonyl (C=O) groups excluding carboxylic acids is 2. The van der Waals surface area contributed by atoms with Gasteiger partial charge in [0.1, 0.15) is 5.54 Å². The van der Waals surface area contributed by atoms with Crippen LogP contribution in [0.5, 0.6) is 11.5 Å². The highest BCUT2D eigenvalue weighted by atomic mass is 16.5. The number of nitrogens with zero attached hydrogens (tertiary/aromatic N) is 1. The molecule has 0 spiro atoms. The molecule has 0 bridgehead atoms. The fourth-order valence-corrected chi connectivity index (χ4v) is 2.01. The van der Waals surface area contributed by atoms with E-state index in [0.717, 1.165) is 0 Å². The Balaban J connectivity index is 2.67. The number of amides is 1. The third-order valence-electron chi connectivity index (χ3n) is 3.96. The molecule has 0 aliphatic rings. The third kappa shape index (κ3) is 5.52. The molecule has 1 amide bonds. The maximum absolute atomic E-state index is 11.9. The van der Waals surface area contributed by atoms with Gasteiger partial charge in [0.05, 0.1) is 20.3 Å². The van der Waals surface area contributed by atoms with Gasteiger partial charge in [0.25, 0.3) is 5.91 Å². The molecule has 1 atom stereocenters. The molecule has 26 heavy (non-hydrogen) atoms. The van der Waals surface area contributed by atoms with E-state index in [0.29, 0.717) is 17.1 Å². The fourth-order valence-electron chi connectivity index (χ4n) is 2.01. The lowest BCUT2D eigenvalue weighted by atomic mass is 9.90. The van der Waals surface area contributed by atoms with Crippen molar-refractivity contribution in [2.45, 2.75) is 26.3 Å². The Hall–Kier alpha value is -3.01. The first-order valence-corrected chi connectivity index (χ1v) is 8.05. The molecule has 0 unspecified atom stereocenters. The summed E-state index contributed by atoms with van der Waals surface area (Å²) in [5, 5.41) is 11.7. The van der Waals surface area contributed by atoms with Gasteiger partial charge >= 0.3 is 5.97 Å². The summed E-state index contributed by atoms with van der Waals surface area (Å²) in [6.07, 6.45) is 2.70. The second-order valence-corrected chi connectivity index (χ2v) is 6.04. The van der Waals surface area contributed by atoms with Gasteiger partial charge in [0, 0.05) is 11.6 Å². The lowest BCUT2D eigenvalue weighted by Gasteiger charge is -2.27. The quantitative estimate of drug-likeness (QED) is 0.564. The van der Waals surface area contributed by atoms with Gasteiger partial charge in [-0.15, -0.1) is 0 Å². The summed E-state index contributed by atoms with van der Waals surface area (Å²) in [6.45, 7) is 4.79. The highest BCUT2D eigenvalue weighted by molar-refractivity contribution is 5.90. The number of carbonyl (C=O) groups is 2. The van der Waals surface area contributed by atoms with E-state index in [-0.39, 0.29) is 5.92 Å². The van der Waals surface area contributed by atoms with E-state index >= 15 is 0 Å². The monoisotopic (exact) mass is 360 g/mol. The van der Waals surface area contributed by atoms with E-state index in [1.54, 1.807) is 25.1 Å². The molecule has 7 heteroatoms. The standard InChI is InChI=1S/C19H24N2O5/c1-13(2)19(3,12-20)21-16(22)11-26-17(23)10-9-14-7-6-8-15(24-4)18(14)25-5/h6-10,13H,11H2,1-5H3,(H,21,22)/b10-9+/t19-/m0/s1. The van der Waals surface area contributed by atoms with Crippen LogP contribution in [0, 0.1) is 17.2 Å².